The van der Waals surface area contributed by atoms with Gasteiger partial charge in [0.05, 0.1) is 0 Å². The molecule has 0 bridgehead atoms. The molecule has 1 atom stereocenters. The molecule has 1 nitrogen and oxygen atoms in total. The van der Waals surface area contributed by atoms with Crippen molar-refractivity contribution >= 4 is 34.8 Å². The van der Waals surface area contributed by atoms with Crippen LogP contribution in [0.3, 0.4) is 0 Å². The van der Waals surface area contributed by atoms with Crippen LogP contribution in [0.15, 0.2) is 0 Å². The summed E-state index contributed by atoms with van der Waals surface area (Å²) >= 11 is 14.2. The Kier molecular flexibility index (Phi) is 3.11. The molecule has 0 amide bonds. The summed E-state index contributed by atoms with van der Waals surface area (Å²) in [5.74, 6) is 0. The summed E-state index contributed by atoms with van der Waals surface area (Å²) in [6.45, 7) is 0. The monoisotopic (exact) mass is 216 g/mol. The molecular weight excluding hydrogens is 215 g/mol. The van der Waals surface area contributed by atoms with Crippen LogP contribution in [0.5, 0.6) is 0 Å². The summed E-state index contributed by atoms with van der Waals surface area (Å²) < 4.78 is 31.6. The minimum Gasteiger partial charge on any atom is -0.380 e. The van der Waals surface area contributed by atoms with E-state index in [4.69, 9.17) is 39.9 Å². The third-order valence-corrected chi connectivity index (χ3v) is 1.24. The molecule has 0 aliphatic rings. The molecule has 10 heavy (non-hydrogen) atoms. The predicted octanol–water partition coefficient (Wildman–Crippen LogP) is 2.28. The second kappa shape index (κ2) is 2.93. The molecule has 0 saturated heterocycles. The van der Waals surface area contributed by atoms with Crippen LogP contribution in [0.4, 0.5) is 13.2 Å². The smallest absolute Gasteiger partial charge is 0.380 e. The van der Waals surface area contributed by atoms with E-state index in [0.717, 1.165) is 0 Å². The molecule has 1 unspecified atom stereocenters. The number of hydrogen-bond acceptors (Lipinski definition) is 1. The van der Waals surface area contributed by atoms with Crippen LogP contribution in [0.25, 0.3) is 0 Å². The highest BCUT2D eigenvalue weighted by Gasteiger charge is 2.50. The molecule has 0 aromatic rings. The molecule has 0 radical (unpaired) electrons. The topological polar surface area (TPSA) is 20.2 Å². The Hall–Kier alpha value is 0.620. The molecule has 1 N–H and O–H groups in total. The summed E-state index contributed by atoms with van der Waals surface area (Å²) in [7, 11) is 0. The SMILES string of the molecule is OC(C(F)(F)F)C(Cl)(Cl)Cl. The molecule has 0 rings (SSSR count). The molecule has 0 saturated carbocycles. The molecule has 0 aromatic heterocycles. The minimum atomic E-state index is -4.90. The van der Waals surface area contributed by atoms with Gasteiger partial charge in [-0.15, -0.1) is 0 Å². The number of aliphatic hydroxyl groups excluding tert-OH is 1. The van der Waals surface area contributed by atoms with Crippen LogP contribution in [-0.2, 0) is 0 Å². The van der Waals surface area contributed by atoms with Gasteiger partial charge in [-0.1, -0.05) is 34.8 Å². The van der Waals surface area contributed by atoms with E-state index < -0.39 is 16.1 Å². The highest BCUT2D eigenvalue weighted by Crippen LogP contribution is 2.38. The van der Waals surface area contributed by atoms with Gasteiger partial charge in [-0.05, 0) is 0 Å². The molecule has 0 heterocycles. The Balaban J connectivity index is 4.23. The third kappa shape index (κ3) is 3.14. The van der Waals surface area contributed by atoms with Gasteiger partial charge in [-0.2, -0.15) is 13.2 Å². The molecule has 0 fully saturated rings. The lowest BCUT2D eigenvalue weighted by molar-refractivity contribution is -0.202. The molecule has 7 heteroatoms. The average Bonchev–Trinajstić information content (AvgIpc) is 1.59. The first kappa shape index (κ1) is 10.6. The summed E-state index contributed by atoms with van der Waals surface area (Å²) in [5.41, 5.74) is 0. The molecule has 0 aliphatic heterocycles. The van der Waals surface area contributed by atoms with Crippen molar-refractivity contribution in [3.05, 3.63) is 0 Å². The van der Waals surface area contributed by atoms with Crippen molar-refractivity contribution in [3.63, 3.8) is 0 Å². The van der Waals surface area contributed by atoms with Crippen molar-refractivity contribution in [1.29, 1.82) is 0 Å². The zero-order valence-corrected chi connectivity index (χ0v) is 6.56. The summed E-state index contributed by atoms with van der Waals surface area (Å²) in [4.78, 5) is 0. The normalized spacial score (nSPS) is 17.1. The van der Waals surface area contributed by atoms with Crippen LogP contribution in [0, 0.1) is 0 Å². The third-order valence-electron chi connectivity index (χ3n) is 0.620. The van der Waals surface area contributed by atoms with Gasteiger partial charge in [0.15, 0.2) is 6.10 Å². The van der Waals surface area contributed by atoms with Crippen LogP contribution < -0.4 is 0 Å². The quantitative estimate of drug-likeness (QED) is 0.617. The maximum Gasteiger partial charge on any atom is 0.418 e. The fraction of sp³-hybridized carbons (Fsp3) is 1.00. The molecule has 62 valence electrons. The Bertz CT molecular complexity index is 103. The van der Waals surface area contributed by atoms with Gasteiger partial charge >= 0.3 is 6.18 Å². The summed E-state index contributed by atoms with van der Waals surface area (Å²) in [5, 5.41) is 8.20. The first-order valence-electron chi connectivity index (χ1n) is 1.97. The Morgan fingerprint density at radius 3 is 1.40 bits per heavy atom. The van der Waals surface area contributed by atoms with Crippen molar-refractivity contribution < 1.29 is 18.3 Å². The van der Waals surface area contributed by atoms with E-state index in [-0.39, 0.29) is 0 Å². The maximum atomic E-state index is 11.4. The Labute approximate surface area is 69.7 Å². The second-order valence-corrected chi connectivity index (χ2v) is 3.85. The second-order valence-electron chi connectivity index (χ2n) is 1.49. The fourth-order valence-corrected chi connectivity index (χ4v) is 0.557. The standard InChI is InChI=1S/C3H2Cl3F3O/c4-2(5,6)1(10)3(7,8)9/h1,10H. The van der Waals surface area contributed by atoms with Crippen molar-refractivity contribution in [3.8, 4) is 0 Å². The van der Waals surface area contributed by atoms with Gasteiger partial charge in [-0.25, -0.2) is 0 Å². The van der Waals surface area contributed by atoms with Crippen LogP contribution in [0.1, 0.15) is 0 Å². The van der Waals surface area contributed by atoms with E-state index in [1.165, 1.54) is 0 Å². The van der Waals surface area contributed by atoms with E-state index in [1.807, 2.05) is 0 Å². The van der Waals surface area contributed by atoms with Gasteiger partial charge in [0.2, 0.25) is 3.79 Å². The molecule has 0 aromatic carbocycles. The first-order chi connectivity index (χ1) is 4.15. The van der Waals surface area contributed by atoms with Gasteiger partial charge in [0.1, 0.15) is 0 Å². The van der Waals surface area contributed by atoms with Crippen LogP contribution >= 0.6 is 34.8 Å². The number of alkyl halides is 6. The van der Waals surface area contributed by atoms with Crippen LogP contribution in [0.2, 0.25) is 0 Å². The summed E-state index contributed by atoms with van der Waals surface area (Å²) in [6.07, 6.45) is -7.84. The minimum absolute atomic E-state index is 2.71. The van der Waals surface area contributed by atoms with Gasteiger partial charge in [0.25, 0.3) is 0 Å². The van der Waals surface area contributed by atoms with Gasteiger partial charge in [0, 0.05) is 0 Å². The van der Waals surface area contributed by atoms with Crippen molar-refractivity contribution in [2.45, 2.75) is 16.1 Å². The first-order valence-corrected chi connectivity index (χ1v) is 3.10. The van der Waals surface area contributed by atoms with Gasteiger partial charge in [-0.3, -0.25) is 0 Å². The number of rotatable bonds is 0. The van der Waals surface area contributed by atoms with E-state index in [9.17, 15) is 13.2 Å². The largest absolute Gasteiger partial charge is 0.418 e. The number of aliphatic hydroxyl groups is 1. The predicted molar refractivity (Wildman–Crippen MR) is 32.4 cm³/mol. The van der Waals surface area contributed by atoms with Crippen molar-refractivity contribution in [2.75, 3.05) is 0 Å². The Morgan fingerprint density at radius 2 is 1.40 bits per heavy atom. The number of halogens is 6. The van der Waals surface area contributed by atoms with Crippen LogP contribution in [-0.4, -0.2) is 21.2 Å². The van der Waals surface area contributed by atoms with Crippen molar-refractivity contribution in [2.24, 2.45) is 0 Å². The van der Waals surface area contributed by atoms with Crippen molar-refractivity contribution in [1.82, 2.24) is 0 Å². The zero-order chi connectivity index (χ0) is 8.58. The maximum absolute atomic E-state index is 11.4. The Morgan fingerprint density at radius 1 is 1.10 bits per heavy atom. The van der Waals surface area contributed by atoms with E-state index in [2.05, 4.69) is 0 Å². The molecular formula is C3H2Cl3F3O. The number of hydrogen-bond donors (Lipinski definition) is 1. The average molecular weight is 217 g/mol. The molecule has 0 aliphatic carbocycles. The zero-order valence-electron chi connectivity index (χ0n) is 4.29. The highest BCUT2D eigenvalue weighted by atomic mass is 35.6. The fourth-order valence-electron chi connectivity index (χ4n) is 0.186. The highest BCUT2D eigenvalue weighted by molar-refractivity contribution is 6.68. The molecule has 0 spiro atoms. The van der Waals surface area contributed by atoms with E-state index >= 15 is 0 Å². The van der Waals surface area contributed by atoms with E-state index in [1.54, 1.807) is 0 Å². The lowest BCUT2D eigenvalue weighted by atomic mass is 10.4. The summed E-state index contributed by atoms with van der Waals surface area (Å²) in [6, 6.07) is 0. The van der Waals surface area contributed by atoms with E-state index in [0.29, 0.717) is 0 Å². The lowest BCUT2D eigenvalue weighted by Gasteiger charge is -2.20. The lowest BCUT2D eigenvalue weighted by Crippen LogP contribution is -2.39. The van der Waals surface area contributed by atoms with Gasteiger partial charge < -0.3 is 5.11 Å².